The molecule has 2 amide bonds. The van der Waals surface area contributed by atoms with E-state index in [4.69, 9.17) is 9.26 Å². The van der Waals surface area contributed by atoms with Crippen LogP contribution in [-0.4, -0.2) is 47.3 Å². The van der Waals surface area contributed by atoms with Crippen molar-refractivity contribution in [3.8, 4) is 5.75 Å². The number of likely N-dealkylation sites (tertiary alicyclic amines) is 1. The maximum atomic E-state index is 12.9. The number of halogens is 1. The number of hydrogen-bond acceptors (Lipinski definition) is 5. The van der Waals surface area contributed by atoms with Gasteiger partial charge < -0.3 is 19.5 Å². The van der Waals surface area contributed by atoms with E-state index in [0.717, 1.165) is 12.8 Å². The second-order valence-electron chi connectivity index (χ2n) is 7.45. The van der Waals surface area contributed by atoms with Crippen LogP contribution in [0.3, 0.4) is 0 Å². The topological polar surface area (TPSA) is 80.5 Å². The third kappa shape index (κ3) is 5.68. The number of amides is 2. The van der Waals surface area contributed by atoms with Crippen LogP contribution in [0.25, 0.3) is 0 Å². The number of carbonyl (C=O) groups excluding carboxylic acids is 1. The van der Waals surface area contributed by atoms with Gasteiger partial charge in [0.15, 0.2) is 5.82 Å². The molecule has 0 radical (unpaired) electrons. The van der Waals surface area contributed by atoms with Crippen LogP contribution in [0.1, 0.15) is 44.3 Å². The molecule has 1 aromatic heterocycles. The first kappa shape index (κ1) is 20.1. The van der Waals surface area contributed by atoms with E-state index in [1.165, 1.54) is 12.1 Å². The van der Waals surface area contributed by atoms with E-state index < -0.39 is 0 Å². The molecule has 0 bridgehead atoms. The molecule has 1 aromatic carbocycles. The minimum Gasteiger partial charge on any atom is -0.493 e. The number of aromatic nitrogens is 2. The summed E-state index contributed by atoms with van der Waals surface area (Å²) in [5.74, 6) is 2.06. The van der Waals surface area contributed by atoms with Gasteiger partial charge in [-0.1, -0.05) is 19.0 Å². The predicted octanol–water partition coefficient (Wildman–Crippen LogP) is 3.38. The lowest BCUT2D eigenvalue weighted by Gasteiger charge is -2.17. The smallest absolute Gasteiger partial charge is 0.317 e. The molecule has 2 aromatic rings. The fourth-order valence-electron chi connectivity index (χ4n) is 3.05. The molecule has 3 rings (SSSR count). The number of rotatable bonds is 8. The molecule has 1 saturated heterocycles. The molecule has 1 atom stereocenters. The standard InChI is InChI=1S/C20H27FN4O3/c1-14(2)7-10-22-20(26)25-11-8-15(13-25)19-23-18(24-28-19)9-12-27-17-5-3-16(21)4-6-17/h3-6,14-15H,7-13H2,1-2H3,(H,22,26). The average Bonchev–Trinajstić information content (AvgIpc) is 3.32. The largest absolute Gasteiger partial charge is 0.493 e. The zero-order valence-corrected chi connectivity index (χ0v) is 16.4. The Balaban J connectivity index is 1.42. The van der Waals surface area contributed by atoms with Gasteiger partial charge in [0, 0.05) is 26.1 Å². The van der Waals surface area contributed by atoms with Crippen LogP contribution in [0, 0.1) is 11.7 Å². The minimum absolute atomic E-state index is 0.0319. The van der Waals surface area contributed by atoms with Crippen molar-refractivity contribution in [2.24, 2.45) is 5.92 Å². The van der Waals surface area contributed by atoms with Crippen molar-refractivity contribution in [1.29, 1.82) is 0 Å². The van der Waals surface area contributed by atoms with Gasteiger partial charge in [-0.25, -0.2) is 9.18 Å². The Morgan fingerprint density at radius 3 is 2.93 bits per heavy atom. The SMILES string of the molecule is CC(C)CCNC(=O)N1CCC(c2nc(CCOc3ccc(F)cc3)no2)C1. The van der Waals surface area contributed by atoms with Crippen molar-refractivity contribution >= 4 is 6.03 Å². The quantitative estimate of drug-likeness (QED) is 0.747. The minimum atomic E-state index is -0.297. The normalized spacial score (nSPS) is 16.6. The van der Waals surface area contributed by atoms with Gasteiger partial charge in [0.25, 0.3) is 0 Å². The third-order valence-electron chi connectivity index (χ3n) is 4.71. The lowest BCUT2D eigenvalue weighted by Crippen LogP contribution is -2.39. The van der Waals surface area contributed by atoms with Gasteiger partial charge in [-0.2, -0.15) is 4.98 Å². The number of nitrogens with one attached hydrogen (secondary N) is 1. The summed E-state index contributed by atoms with van der Waals surface area (Å²) >= 11 is 0. The van der Waals surface area contributed by atoms with Gasteiger partial charge in [0.05, 0.1) is 12.5 Å². The van der Waals surface area contributed by atoms with E-state index in [9.17, 15) is 9.18 Å². The Kier molecular flexibility index (Phi) is 6.84. The Bertz CT molecular complexity index is 763. The maximum Gasteiger partial charge on any atom is 0.317 e. The lowest BCUT2D eigenvalue weighted by molar-refractivity contribution is 0.207. The highest BCUT2D eigenvalue weighted by Gasteiger charge is 2.31. The van der Waals surface area contributed by atoms with E-state index in [1.54, 1.807) is 17.0 Å². The van der Waals surface area contributed by atoms with Gasteiger partial charge in [0.1, 0.15) is 11.6 Å². The van der Waals surface area contributed by atoms with E-state index in [0.29, 0.717) is 56.0 Å². The molecular formula is C20H27FN4O3. The van der Waals surface area contributed by atoms with E-state index >= 15 is 0 Å². The Morgan fingerprint density at radius 2 is 2.18 bits per heavy atom. The molecule has 7 nitrogen and oxygen atoms in total. The third-order valence-corrected chi connectivity index (χ3v) is 4.71. The Morgan fingerprint density at radius 1 is 1.39 bits per heavy atom. The fraction of sp³-hybridized carbons (Fsp3) is 0.550. The van der Waals surface area contributed by atoms with Crippen molar-refractivity contribution in [1.82, 2.24) is 20.4 Å². The molecule has 1 aliphatic heterocycles. The highest BCUT2D eigenvalue weighted by Crippen LogP contribution is 2.26. The molecule has 8 heteroatoms. The summed E-state index contributed by atoms with van der Waals surface area (Å²) in [6.45, 7) is 6.60. The highest BCUT2D eigenvalue weighted by molar-refractivity contribution is 5.74. The second kappa shape index (κ2) is 9.52. The summed E-state index contributed by atoms with van der Waals surface area (Å²) in [6, 6.07) is 5.84. The molecule has 1 aliphatic rings. The lowest BCUT2D eigenvalue weighted by atomic mass is 10.1. The first-order valence-corrected chi connectivity index (χ1v) is 9.75. The van der Waals surface area contributed by atoms with E-state index in [2.05, 4.69) is 29.3 Å². The van der Waals surface area contributed by atoms with Gasteiger partial charge in [-0.05, 0) is 43.0 Å². The van der Waals surface area contributed by atoms with E-state index in [-0.39, 0.29) is 17.8 Å². The molecule has 0 saturated carbocycles. The van der Waals surface area contributed by atoms with Crippen molar-refractivity contribution in [2.75, 3.05) is 26.2 Å². The van der Waals surface area contributed by atoms with Gasteiger partial charge in [-0.15, -0.1) is 0 Å². The summed E-state index contributed by atoms with van der Waals surface area (Å²) in [4.78, 5) is 18.5. The van der Waals surface area contributed by atoms with Crippen molar-refractivity contribution in [2.45, 2.75) is 39.0 Å². The number of urea groups is 1. The highest BCUT2D eigenvalue weighted by atomic mass is 19.1. The predicted molar refractivity (Wildman–Crippen MR) is 102 cm³/mol. The van der Waals surface area contributed by atoms with Crippen LogP contribution >= 0.6 is 0 Å². The number of hydrogen-bond donors (Lipinski definition) is 1. The van der Waals surface area contributed by atoms with E-state index in [1.807, 2.05) is 0 Å². The Labute approximate surface area is 164 Å². The van der Waals surface area contributed by atoms with Crippen LogP contribution < -0.4 is 10.1 Å². The Hall–Kier alpha value is -2.64. The molecule has 0 spiro atoms. The molecule has 152 valence electrons. The van der Waals surface area contributed by atoms with Crippen LogP contribution in [0.5, 0.6) is 5.75 Å². The van der Waals surface area contributed by atoms with Gasteiger partial charge in [-0.3, -0.25) is 0 Å². The van der Waals surface area contributed by atoms with Crippen LogP contribution in [0.15, 0.2) is 28.8 Å². The molecular weight excluding hydrogens is 363 g/mol. The van der Waals surface area contributed by atoms with Crippen LogP contribution in [0.2, 0.25) is 0 Å². The number of benzene rings is 1. The zero-order chi connectivity index (χ0) is 19.9. The number of nitrogens with zero attached hydrogens (tertiary/aromatic N) is 3. The van der Waals surface area contributed by atoms with Crippen molar-refractivity contribution < 1.29 is 18.4 Å². The zero-order valence-electron chi connectivity index (χ0n) is 16.4. The fourth-order valence-corrected chi connectivity index (χ4v) is 3.05. The van der Waals surface area contributed by atoms with Gasteiger partial charge in [0.2, 0.25) is 5.89 Å². The summed E-state index contributed by atoms with van der Waals surface area (Å²) in [7, 11) is 0. The molecule has 28 heavy (non-hydrogen) atoms. The average molecular weight is 390 g/mol. The second-order valence-corrected chi connectivity index (χ2v) is 7.45. The van der Waals surface area contributed by atoms with Crippen molar-refractivity contribution in [3.63, 3.8) is 0 Å². The monoisotopic (exact) mass is 390 g/mol. The summed E-state index contributed by atoms with van der Waals surface area (Å²) in [5.41, 5.74) is 0. The number of ether oxygens (including phenoxy) is 1. The molecule has 0 aliphatic carbocycles. The summed E-state index contributed by atoms with van der Waals surface area (Å²) in [6.07, 6.45) is 2.27. The molecule has 1 unspecified atom stereocenters. The summed E-state index contributed by atoms with van der Waals surface area (Å²) in [5, 5.41) is 6.96. The van der Waals surface area contributed by atoms with Crippen LogP contribution in [-0.2, 0) is 6.42 Å². The van der Waals surface area contributed by atoms with Crippen LogP contribution in [0.4, 0.5) is 9.18 Å². The molecule has 1 fully saturated rings. The first-order chi connectivity index (χ1) is 13.5. The first-order valence-electron chi connectivity index (χ1n) is 9.75. The summed E-state index contributed by atoms with van der Waals surface area (Å²) < 4.78 is 23.8. The van der Waals surface area contributed by atoms with Crippen molar-refractivity contribution in [3.05, 3.63) is 41.8 Å². The molecule has 2 heterocycles. The number of carbonyl (C=O) groups is 1. The molecule has 1 N–H and O–H groups in total. The maximum absolute atomic E-state index is 12.9. The van der Waals surface area contributed by atoms with Gasteiger partial charge >= 0.3 is 6.03 Å².